The molecule has 0 aliphatic rings. The molecule has 0 saturated carbocycles. The Morgan fingerprint density at radius 3 is 2.65 bits per heavy atom. The SMILES string of the molecule is CN(c1ccnc([S+](C)[O-])n1)c1nc(-c2ccccc2)cc2ncnn12. The number of hydrogen-bond acceptors (Lipinski definition) is 7. The molecule has 0 aliphatic carbocycles. The Morgan fingerprint density at radius 2 is 1.88 bits per heavy atom. The standard InChI is InChI=1S/C17H15N7OS/c1-23(14-8-9-18-16(22-14)26(2)25)17-21-13(12-6-4-3-5-7-12)10-15-19-11-20-24(15)17/h3-11H,1-2H3. The minimum atomic E-state index is -1.27. The third kappa shape index (κ3) is 2.98. The first-order valence-corrected chi connectivity index (χ1v) is 9.36. The van der Waals surface area contributed by atoms with Crippen LogP contribution in [0, 0.1) is 0 Å². The van der Waals surface area contributed by atoms with Crippen molar-refractivity contribution in [1.82, 2.24) is 29.5 Å². The fourth-order valence-corrected chi connectivity index (χ4v) is 2.98. The third-order valence-electron chi connectivity index (χ3n) is 3.84. The summed E-state index contributed by atoms with van der Waals surface area (Å²) < 4.78 is 13.3. The van der Waals surface area contributed by atoms with Gasteiger partial charge in [-0.15, -0.1) is 0 Å². The van der Waals surface area contributed by atoms with Crippen LogP contribution in [0.5, 0.6) is 0 Å². The first-order chi connectivity index (χ1) is 12.6. The molecule has 26 heavy (non-hydrogen) atoms. The number of rotatable bonds is 4. The quantitative estimate of drug-likeness (QED) is 0.403. The summed E-state index contributed by atoms with van der Waals surface area (Å²) in [7, 11) is 1.82. The predicted octanol–water partition coefficient (Wildman–Crippen LogP) is 2.09. The molecule has 0 N–H and O–H groups in total. The van der Waals surface area contributed by atoms with Crippen molar-refractivity contribution in [2.45, 2.75) is 5.16 Å². The molecule has 1 atom stereocenters. The molecule has 0 bridgehead atoms. The van der Waals surface area contributed by atoms with Crippen LogP contribution in [0.15, 0.2) is 60.1 Å². The third-order valence-corrected chi connectivity index (χ3v) is 4.55. The molecule has 0 radical (unpaired) electrons. The van der Waals surface area contributed by atoms with Gasteiger partial charge in [0.15, 0.2) is 5.65 Å². The van der Waals surface area contributed by atoms with Gasteiger partial charge in [-0.3, -0.25) is 4.90 Å². The minimum absolute atomic E-state index is 0.267. The van der Waals surface area contributed by atoms with Crippen LogP contribution in [-0.2, 0) is 11.2 Å². The van der Waals surface area contributed by atoms with Crippen molar-refractivity contribution in [3.63, 3.8) is 0 Å². The van der Waals surface area contributed by atoms with E-state index in [0.717, 1.165) is 11.3 Å². The molecular weight excluding hydrogens is 350 g/mol. The van der Waals surface area contributed by atoms with Crippen molar-refractivity contribution in [3.8, 4) is 11.3 Å². The van der Waals surface area contributed by atoms with Crippen molar-refractivity contribution in [1.29, 1.82) is 0 Å². The molecule has 0 amide bonds. The van der Waals surface area contributed by atoms with E-state index >= 15 is 0 Å². The van der Waals surface area contributed by atoms with E-state index in [-0.39, 0.29) is 5.16 Å². The van der Waals surface area contributed by atoms with E-state index in [1.165, 1.54) is 6.33 Å². The van der Waals surface area contributed by atoms with Gasteiger partial charge in [0.25, 0.3) is 0 Å². The molecule has 0 spiro atoms. The second-order valence-corrected chi connectivity index (χ2v) is 6.82. The second kappa shape index (κ2) is 6.70. The molecule has 8 nitrogen and oxygen atoms in total. The van der Waals surface area contributed by atoms with Gasteiger partial charge in [-0.2, -0.15) is 19.6 Å². The number of nitrogens with zero attached hydrogens (tertiary/aromatic N) is 7. The lowest BCUT2D eigenvalue weighted by molar-refractivity contribution is 0.592. The normalized spacial score (nSPS) is 12.3. The summed E-state index contributed by atoms with van der Waals surface area (Å²) >= 11 is -1.27. The summed E-state index contributed by atoms with van der Waals surface area (Å²) in [6.07, 6.45) is 4.60. The zero-order valence-electron chi connectivity index (χ0n) is 14.1. The fourth-order valence-electron chi connectivity index (χ4n) is 2.55. The van der Waals surface area contributed by atoms with Gasteiger partial charge < -0.3 is 4.55 Å². The van der Waals surface area contributed by atoms with Gasteiger partial charge >= 0.3 is 5.16 Å². The molecule has 130 valence electrons. The first-order valence-electron chi connectivity index (χ1n) is 7.80. The van der Waals surface area contributed by atoms with Crippen LogP contribution in [0.25, 0.3) is 16.9 Å². The van der Waals surface area contributed by atoms with E-state index in [1.807, 2.05) is 43.4 Å². The van der Waals surface area contributed by atoms with Crippen molar-refractivity contribution in [2.75, 3.05) is 18.2 Å². The summed E-state index contributed by atoms with van der Waals surface area (Å²) in [6.45, 7) is 0. The molecular formula is C17H15N7OS. The Balaban J connectivity index is 1.85. The van der Waals surface area contributed by atoms with Gasteiger partial charge in [-0.1, -0.05) is 30.3 Å². The monoisotopic (exact) mass is 365 g/mol. The summed E-state index contributed by atoms with van der Waals surface area (Å²) in [4.78, 5) is 19.2. The molecule has 3 heterocycles. The number of anilines is 2. The highest BCUT2D eigenvalue weighted by molar-refractivity contribution is 7.90. The van der Waals surface area contributed by atoms with Crippen LogP contribution in [0.3, 0.4) is 0 Å². The molecule has 9 heteroatoms. The summed E-state index contributed by atoms with van der Waals surface area (Å²) in [6, 6.07) is 13.5. The zero-order chi connectivity index (χ0) is 18.1. The highest BCUT2D eigenvalue weighted by Crippen LogP contribution is 2.25. The first kappa shape index (κ1) is 16.4. The Bertz CT molecular complexity index is 1050. The van der Waals surface area contributed by atoms with E-state index in [1.54, 1.807) is 27.9 Å². The summed E-state index contributed by atoms with van der Waals surface area (Å²) in [5, 5.41) is 4.52. The summed E-state index contributed by atoms with van der Waals surface area (Å²) in [5.41, 5.74) is 2.43. The van der Waals surface area contributed by atoms with Gasteiger partial charge in [0.2, 0.25) is 5.95 Å². The minimum Gasteiger partial charge on any atom is -0.609 e. The highest BCUT2D eigenvalue weighted by Gasteiger charge is 2.17. The Hall–Kier alpha value is -3.04. The lowest BCUT2D eigenvalue weighted by Crippen LogP contribution is -2.19. The number of fused-ring (bicyclic) bond motifs is 1. The number of hydrogen-bond donors (Lipinski definition) is 0. The van der Waals surface area contributed by atoms with E-state index < -0.39 is 11.2 Å². The topological polar surface area (TPSA) is 95.2 Å². The van der Waals surface area contributed by atoms with Crippen LogP contribution < -0.4 is 4.90 Å². The van der Waals surface area contributed by atoms with Crippen LogP contribution in [0.2, 0.25) is 0 Å². The lowest BCUT2D eigenvalue weighted by Gasteiger charge is -2.18. The predicted molar refractivity (Wildman–Crippen MR) is 98.6 cm³/mol. The Labute approximate surface area is 152 Å². The maximum atomic E-state index is 11.7. The van der Waals surface area contributed by atoms with E-state index in [2.05, 4.69) is 20.1 Å². The van der Waals surface area contributed by atoms with Crippen LogP contribution in [0.4, 0.5) is 11.8 Å². The van der Waals surface area contributed by atoms with E-state index in [4.69, 9.17) is 4.98 Å². The maximum absolute atomic E-state index is 11.7. The number of aromatic nitrogens is 6. The number of benzene rings is 1. The molecule has 4 rings (SSSR count). The van der Waals surface area contributed by atoms with Crippen LogP contribution >= 0.6 is 0 Å². The zero-order valence-corrected chi connectivity index (χ0v) is 15.0. The Morgan fingerprint density at radius 1 is 1.08 bits per heavy atom. The van der Waals surface area contributed by atoms with Gasteiger partial charge in [-0.25, -0.2) is 9.97 Å². The van der Waals surface area contributed by atoms with Crippen LogP contribution in [0.1, 0.15) is 0 Å². The fraction of sp³-hybridized carbons (Fsp3) is 0.118. The van der Waals surface area contributed by atoms with Crippen molar-refractivity contribution in [2.24, 2.45) is 0 Å². The van der Waals surface area contributed by atoms with E-state index in [9.17, 15) is 4.55 Å². The largest absolute Gasteiger partial charge is 0.609 e. The Kier molecular flexibility index (Phi) is 4.23. The maximum Gasteiger partial charge on any atom is 0.344 e. The average molecular weight is 365 g/mol. The lowest BCUT2D eigenvalue weighted by atomic mass is 10.1. The van der Waals surface area contributed by atoms with Crippen molar-refractivity contribution < 1.29 is 4.55 Å². The van der Waals surface area contributed by atoms with Crippen molar-refractivity contribution in [3.05, 3.63) is 55.0 Å². The smallest absolute Gasteiger partial charge is 0.344 e. The molecule has 0 aliphatic heterocycles. The van der Waals surface area contributed by atoms with E-state index in [0.29, 0.717) is 17.4 Å². The second-order valence-electron chi connectivity index (χ2n) is 5.55. The van der Waals surface area contributed by atoms with Gasteiger partial charge in [-0.05, 0) is 6.07 Å². The van der Waals surface area contributed by atoms with Crippen molar-refractivity contribution >= 4 is 28.6 Å². The van der Waals surface area contributed by atoms with Gasteiger partial charge in [0, 0.05) is 36.1 Å². The molecule has 1 unspecified atom stereocenters. The molecule has 4 aromatic rings. The molecule has 3 aromatic heterocycles. The average Bonchev–Trinajstić information content (AvgIpc) is 3.16. The summed E-state index contributed by atoms with van der Waals surface area (Å²) in [5.74, 6) is 1.12. The molecule has 0 fully saturated rings. The molecule has 0 saturated heterocycles. The van der Waals surface area contributed by atoms with Gasteiger partial charge in [0.1, 0.15) is 18.4 Å². The van der Waals surface area contributed by atoms with Crippen LogP contribution in [-0.4, -0.2) is 47.4 Å². The highest BCUT2D eigenvalue weighted by atomic mass is 32.2. The molecule has 1 aromatic carbocycles. The van der Waals surface area contributed by atoms with Gasteiger partial charge in [0.05, 0.1) is 5.69 Å².